The molecule has 1 rings (SSSR count). The molecule has 0 unspecified atom stereocenters. The van der Waals surface area contributed by atoms with Crippen LogP contribution in [0.4, 0.5) is 0 Å². The standard InChI is InChI=1S/C9H15BINO2S/c11-15-14-7-9(3-6-13)1-4-10(8-12)5-2-9/h13H,1-7H2. The zero-order valence-electron chi connectivity index (χ0n) is 8.62. The van der Waals surface area contributed by atoms with Gasteiger partial charge in [-0.15, -0.1) is 0 Å². The zero-order chi connectivity index (χ0) is 11.1. The molecule has 1 N–H and O–H groups in total. The Hall–Kier alpha value is 0.555. The maximum Gasteiger partial charge on any atom is 0.267 e. The summed E-state index contributed by atoms with van der Waals surface area (Å²) in [4.78, 5) is 0. The second kappa shape index (κ2) is 6.99. The average molecular weight is 339 g/mol. The van der Waals surface area contributed by atoms with Gasteiger partial charge >= 0.3 is 0 Å². The summed E-state index contributed by atoms with van der Waals surface area (Å²) >= 11 is 2.11. The fraction of sp³-hybridized carbons (Fsp3) is 0.889. The summed E-state index contributed by atoms with van der Waals surface area (Å²) in [6.07, 6.45) is 4.70. The van der Waals surface area contributed by atoms with E-state index in [1.807, 2.05) is 0 Å². The predicted octanol–water partition coefficient (Wildman–Crippen LogP) is 2.72. The molecule has 1 heterocycles. The van der Waals surface area contributed by atoms with E-state index < -0.39 is 0 Å². The van der Waals surface area contributed by atoms with Crippen LogP contribution in [0.1, 0.15) is 19.3 Å². The van der Waals surface area contributed by atoms with Crippen LogP contribution in [0.25, 0.3) is 0 Å². The quantitative estimate of drug-likeness (QED) is 0.475. The highest BCUT2D eigenvalue weighted by Crippen LogP contribution is 2.41. The van der Waals surface area contributed by atoms with Crippen molar-refractivity contribution >= 4 is 37.1 Å². The summed E-state index contributed by atoms with van der Waals surface area (Å²) in [5.74, 6) is 2.33. The van der Waals surface area contributed by atoms with E-state index in [1.54, 1.807) is 0 Å². The lowest BCUT2D eigenvalue weighted by molar-refractivity contribution is 0.104. The molecule has 0 aromatic rings. The fourth-order valence-corrected chi connectivity index (χ4v) is 2.89. The Kier molecular flexibility index (Phi) is 6.35. The number of nitrogens with zero attached hydrogens (tertiary/aromatic N) is 1. The van der Waals surface area contributed by atoms with Gasteiger partial charge in [0.15, 0.2) is 0 Å². The van der Waals surface area contributed by atoms with Gasteiger partial charge in [-0.25, -0.2) is 5.26 Å². The minimum atomic E-state index is 0.111. The van der Waals surface area contributed by atoms with Crippen molar-refractivity contribution in [2.45, 2.75) is 31.9 Å². The third kappa shape index (κ3) is 4.13. The minimum Gasteiger partial charge on any atom is -0.396 e. The first-order chi connectivity index (χ1) is 7.26. The van der Waals surface area contributed by atoms with Gasteiger partial charge in [0.05, 0.1) is 15.8 Å². The van der Waals surface area contributed by atoms with Gasteiger partial charge in [0.1, 0.15) is 0 Å². The lowest BCUT2D eigenvalue weighted by Gasteiger charge is -2.36. The number of rotatable bonds is 5. The van der Waals surface area contributed by atoms with Gasteiger partial charge in [-0.05, 0) is 11.8 Å². The molecular weight excluding hydrogens is 324 g/mol. The third-order valence-corrected chi connectivity index (χ3v) is 4.25. The maximum atomic E-state index is 9.08. The highest BCUT2D eigenvalue weighted by Gasteiger charge is 2.36. The van der Waals surface area contributed by atoms with Gasteiger partial charge in [-0.3, -0.25) is 0 Å². The molecule has 0 radical (unpaired) electrons. The Labute approximate surface area is 108 Å². The van der Waals surface area contributed by atoms with Crippen molar-refractivity contribution in [2.24, 2.45) is 5.41 Å². The van der Waals surface area contributed by atoms with E-state index in [0.717, 1.165) is 31.9 Å². The number of hydrogen-bond acceptors (Lipinski definition) is 4. The van der Waals surface area contributed by atoms with E-state index in [9.17, 15) is 0 Å². The van der Waals surface area contributed by atoms with E-state index >= 15 is 0 Å². The molecule has 84 valence electrons. The van der Waals surface area contributed by atoms with Crippen LogP contribution in [-0.4, -0.2) is 25.0 Å². The lowest BCUT2D eigenvalue weighted by Crippen LogP contribution is -2.34. The molecule has 0 aromatic carbocycles. The summed E-state index contributed by atoms with van der Waals surface area (Å²) in [6, 6.07) is 0. The third-order valence-electron chi connectivity index (χ3n) is 3.28. The molecule has 0 aromatic heterocycles. The van der Waals surface area contributed by atoms with Crippen LogP contribution in [0.5, 0.6) is 0 Å². The Morgan fingerprint density at radius 2 is 2.20 bits per heavy atom. The molecule has 0 aliphatic carbocycles. The van der Waals surface area contributed by atoms with Gasteiger partial charge in [-0.2, -0.15) is 0 Å². The molecule has 1 fully saturated rings. The van der Waals surface area contributed by atoms with Gasteiger partial charge < -0.3 is 9.29 Å². The predicted molar refractivity (Wildman–Crippen MR) is 71.9 cm³/mol. The van der Waals surface area contributed by atoms with E-state index in [4.69, 9.17) is 14.6 Å². The molecule has 15 heavy (non-hydrogen) atoms. The van der Waals surface area contributed by atoms with Crippen molar-refractivity contribution in [1.82, 2.24) is 0 Å². The van der Waals surface area contributed by atoms with Gasteiger partial charge in [-0.1, -0.05) is 25.5 Å². The maximum absolute atomic E-state index is 9.08. The van der Waals surface area contributed by atoms with Gasteiger partial charge in [0, 0.05) is 33.8 Å². The Balaban J connectivity index is 2.48. The summed E-state index contributed by atoms with van der Waals surface area (Å²) in [7, 11) is 1.35. The smallest absolute Gasteiger partial charge is 0.267 e. The van der Waals surface area contributed by atoms with Gasteiger partial charge in [0.25, 0.3) is 6.71 Å². The zero-order valence-corrected chi connectivity index (χ0v) is 11.6. The van der Waals surface area contributed by atoms with Crippen LogP contribution in [0.3, 0.4) is 0 Å². The summed E-state index contributed by atoms with van der Waals surface area (Å²) in [6.45, 7) is 1.12. The molecule has 0 spiro atoms. The van der Waals surface area contributed by atoms with Crippen LogP contribution in [-0.2, 0) is 4.18 Å². The molecule has 1 aliphatic rings. The first kappa shape index (κ1) is 13.6. The monoisotopic (exact) mass is 339 g/mol. The summed E-state index contributed by atoms with van der Waals surface area (Å²) in [5.41, 5.74) is 0.111. The molecule has 0 bridgehead atoms. The molecule has 0 amide bonds. The second-order valence-electron chi connectivity index (χ2n) is 4.20. The van der Waals surface area contributed by atoms with Crippen LogP contribution in [0.2, 0.25) is 12.6 Å². The normalized spacial score (nSPS) is 19.9. The number of hydrogen-bond donors (Lipinski definition) is 1. The van der Waals surface area contributed by atoms with Crippen molar-refractivity contribution in [3.63, 3.8) is 0 Å². The van der Waals surface area contributed by atoms with Crippen LogP contribution >= 0.6 is 30.4 Å². The molecule has 0 atom stereocenters. The fourth-order valence-electron chi connectivity index (χ4n) is 2.21. The van der Waals surface area contributed by atoms with E-state index in [-0.39, 0.29) is 18.7 Å². The Morgan fingerprint density at radius 1 is 1.53 bits per heavy atom. The van der Waals surface area contributed by atoms with E-state index in [2.05, 4.69) is 27.2 Å². The molecule has 6 heteroatoms. The highest BCUT2D eigenvalue weighted by molar-refractivity contribution is 14.2. The van der Waals surface area contributed by atoms with Crippen molar-refractivity contribution in [3.05, 3.63) is 0 Å². The number of nitriles is 1. The van der Waals surface area contributed by atoms with Crippen LogP contribution in [0.15, 0.2) is 0 Å². The van der Waals surface area contributed by atoms with Crippen molar-refractivity contribution in [1.29, 1.82) is 5.26 Å². The second-order valence-corrected chi connectivity index (χ2v) is 5.64. The molecule has 3 nitrogen and oxygen atoms in total. The first-order valence-electron chi connectivity index (χ1n) is 5.17. The van der Waals surface area contributed by atoms with Crippen molar-refractivity contribution in [2.75, 3.05) is 13.2 Å². The SMILES string of the molecule is N#CB1CCC(CCO)(COSI)CC1. The van der Waals surface area contributed by atoms with Crippen molar-refractivity contribution in [3.8, 4) is 5.97 Å². The topological polar surface area (TPSA) is 53.2 Å². The van der Waals surface area contributed by atoms with E-state index in [1.165, 1.54) is 9.21 Å². The van der Waals surface area contributed by atoms with Crippen LogP contribution in [0, 0.1) is 16.6 Å². The number of aliphatic hydroxyl groups is 1. The summed E-state index contributed by atoms with van der Waals surface area (Å²) < 4.78 is 5.41. The van der Waals surface area contributed by atoms with Crippen molar-refractivity contribution < 1.29 is 9.29 Å². The Morgan fingerprint density at radius 3 is 2.67 bits per heavy atom. The Bertz CT molecular complexity index is 229. The lowest BCUT2D eigenvalue weighted by atomic mass is 9.39. The first-order valence-corrected chi connectivity index (χ1v) is 8.45. The molecule has 1 saturated heterocycles. The van der Waals surface area contributed by atoms with Crippen LogP contribution < -0.4 is 0 Å². The molecular formula is C9H15BINO2S. The largest absolute Gasteiger partial charge is 0.396 e. The minimum absolute atomic E-state index is 0.111. The molecule has 1 aliphatic heterocycles. The summed E-state index contributed by atoms with van der Waals surface area (Å²) in [5, 5.41) is 17.9. The average Bonchev–Trinajstić information content (AvgIpc) is 2.28. The number of halogens is 1. The highest BCUT2D eigenvalue weighted by atomic mass is 127. The number of aliphatic hydroxyl groups excluding tert-OH is 1. The van der Waals surface area contributed by atoms with Gasteiger partial charge in [0.2, 0.25) is 0 Å². The molecule has 0 saturated carbocycles. The van der Waals surface area contributed by atoms with E-state index in [0.29, 0.717) is 6.61 Å².